The fourth-order valence-electron chi connectivity index (χ4n) is 2.82. The van der Waals surface area contributed by atoms with E-state index in [-0.39, 0.29) is 22.7 Å². The summed E-state index contributed by atoms with van der Waals surface area (Å²) in [5.41, 5.74) is 2.50. The van der Waals surface area contributed by atoms with E-state index < -0.39 is 0 Å². The number of nitrogens with zero attached hydrogens (tertiary/aromatic N) is 3. The number of carbonyl (C=O) groups excluding carboxylic acids is 1. The first-order valence-corrected chi connectivity index (χ1v) is 9.21. The van der Waals surface area contributed by atoms with Gasteiger partial charge in [0, 0.05) is 13.1 Å². The lowest BCUT2D eigenvalue weighted by Crippen LogP contribution is -2.38. The Hall–Kier alpha value is -2.18. The zero-order valence-electron chi connectivity index (χ0n) is 15.0. The van der Waals surface area contributed by atoms with Crippen LogP contribution in [0, 0.1) is 0 Å². The van der Waals surface area contributed by atoms with Gasteiger partial charge in [-0.25, -0.2) is 9.97 Å². The first-order chi connectivity index (χ1) is 12.6. The molecule has 1 aliphatic rings. The largest absolute Gasteiger partial charge is 0.378 e. The Labute approximate surface area is 158 Å². The molecule has 2 aromatic rings. The molecule has 1 atom stereocenters. The van der Waals surface area contributed by atoms with E-state index in [1.165, 1.54) is 11.8 Å². The summed E-state index contributed by atoms with van der Waals surface area (Å²) in [5, 5.41) is 3.21. The van der Waals surface area contributed by atoms with Crippen molar-refractivity contribution in [2.24, 2.45) is 0 Å². The minimum atomic E-state index is -0.307. The maximum atomic E-state index is 12.7. The number of morpholine rings is 1. The van der Waals surface area contributed by atoms with Gasteiger partial charge < -0.3 is 15.0 Å². The van der Waals surface area contributed by atoms with Crippen molar-refractivity contribution < 1.29 is 9.53 Å². The standard InChI is InChI=1S/C19H23ClN4O2/c1-3-14-4-6-15(7-5-14)13(2)22-18(25)17-16(20)12-21-19(23-17)24-8-10-26-11-9-24/h4-7,12-13H,3,8-11H2,1-2H3,(H,22,25). The van der Waals surface area contributed by atoms with Gasteiger partial charge in [0.1, 0.15) is 0 Å². The predicted molar refractivity (Wildman–Crippen MR) is 102 cm³/mol. The quantitative estimate of drug-likeness (QED) is 0.871. The lowest BCUT2D eigenvalue weighted by Gasteiger charge is -2.27. The van der Waals surface area contributed by atoms with Gasteiger partial charge in [-0.3, -0.25) is 4.79 Å². The summed E-state index contributed by atoms with van der Waals surface area (Å²) < 4.78 is 5.34. The normalized spacial score (nSPS) is 15.6. The Morgan fingerprint density at radius 1 is 1.31 bits per heavy atom. The van der Waals surface area contributed by atoms with Crippen LogP contribution >= 0.6 is 11.6 Å². The summed E-state index contributed by atoms with van der Waals surface area (Å²) in [4.78, 5) is 23.3. The molecular formula is C19H23ClN4O2. The summed E-state index contributed by atoms with van der Waals surface area (Å²) in [7, 11) is 0. The highest BCUT2D eigenvalue weighted by Crippen LogP contribution is 2.19. The fraction of sp³-hybridized carbons (Fsp3) is 0.421. The molecule has 2 heterocycles. The number of aryl methyl sites for hydroxylation is 1. The van der Waals surface area contributed by atoms with Crippen LogP contribution in [-0.2, 0) is 11.2 Å². The van der Waals surface area contributed by atoms with Crippen molar-refractivity contribution in [3.63, 3.8) is 0 Å². The number of hydrogen-bond acceptors (Lipinski definition) is 5. The number of halogens is 1. The number of rotatable bonds is 5. The van der Waals surface area contributed by atoms with Crippen molar-refractivity contribution in [3.8, 4) is 0 Å². The number of aromatic nitrogens is 2. The fourth-order valence-corrected chi connectivity index (χ4v) is 3.00. The number of carbonyl (C=O) groups is 1. The SMILES string of the molecule is CCc1ccc(C(C)NC(=O)c2nc(N3CCOCC3)ncc2Cl)cc1. The second-order valence-corrected chi connectivity index (χ2v) is 6.66. The molecule has 0 radical (unpaired) electrons. The molecule has 6 nitrogen and oxygen atoms in total. The number of benzene rings is 1. The van der Waals surface area contributed by atoms with Crippen molar-refractivity contribution in [1.82, 2.24) is 15.3 Å². The van der Waals surface area contributed by atoms with Crippen LogP contribution in [-0.4, -0.2) is 42.2 Å². The Kier molecular flexibility index (Phi) is 6.06. The molecule has 1 fully saturated rings. The summed E-state index contributed by atoms with van der Waals surface area (Å²) >= 11 is 6.17. The van der Waals surface area contributed by atoms with E-state index in [4.69, 9.17) is 16.3 Å². The predicted octanol–water partition coefficient (Wildman–Crippen LogP) is 3.02. The van der Waals surface area contributed by atoms with Gasteiger partial charge in [0.15, 0.2) is 5.69 Å². The lowest BCUT2D eigenvalue weighted by molar-refractivity contribution is 0.0934. The maximum Gasteiger partial charge on any atom is 0.272 e. The molecule has 26 heavy (non-hydrogen) atoms. The summed E-state index contributed by atoms with van der Waals surface area (Å²) in [6.45, 7) is 6.70. The van der Waals surface area contributed by atoms with Crippen LogP contribution in [0.4, 0.5) is 5.95 Å². The maximum absolute atomic E-state index is 12.7. The smallest absolute Gasteiger partial charge is 0.272 e. The average Bonchev–Trinajstić information content (AvgIpc) is 2.69. The van der Waals surface area contributed by atoms with E-state index in [2.05, 4.69) is 34.3 Å². The minimum absolute atomic E-state index is 0.147. The summed E-state index contributed by atoms with van der Waals surface area (Å²) in [6, 6.07) is 8.07. The van der Waals surface area contributed by atoms with Gasteiger partial charge in [-0.15, -0.1) is 0 Å². The van der Waals surface area contributed by atoms with Crippen LogP contribution < -0.4 is 10.2 Å². The van der Waals surface area contributed by atoms with Gasteiger partial charge >= 0.3 is 0 Å². The molecule has 1 aliphatic heterocycles. The Morgan fingerprint density at radius 2 is 2.00 bits per heavy atom. The zero-order chi connectivity index (χ0) is 18.5. The average molecular weight is 375 g/mol. The van der Waals surface area contributed by atoms with Crippen molar-refractivity contribution in [3.05, 3.63) is 52.3 Å². The van der Waals surface area contributed by atoms with Gasteiger partial charge in [0.2, 0.25) is 5.95 Å². The molecule has 1 N–H and O–H groups in total. The Balaban J connectivity index is 1.73. The molecule has 0 saturated carbocycles. The molecule has 1 unspecified atom stereocenters. The topological polar surface area (TPSA) is 67.4 Å². The monoisotopic (exact) mass is 374 g/mol. The highest BCUT2D eigenvalue weighted by Gasteiger charge is 2.20. The number of amides is 1. The van der Waals surface area contributed by atoms with E-state index >= 15 is 0 Å². The van der Waals surface area contributed by atoms with Crippen LogP contribution in [0.1, 0.15) is 41.5 Å². The van der Waals surface area contributed by atoms with E-state index in [0.29, 0.717) is 32.3 Å². The summed E-state index contributed by atoms with van der Waals surface area (Å²) in [5.74, 6) is 0.196. The summed E-state index contributed by atoms with van der Waals surface area (Å²) in [6.07, 6.45) is 2.47. The van der Waals surface area contributed by atoms with Crippen LogP contribution in [0.25, 0.3) is 0 Å². The third kappa shape index (κ3) is 4.31. The van der Waals surface area contributed by atoms with Gasteiger partial charge in [0.05, 0.1) is 30.5 Å². The van der Waals surface area contributed by atoms with E-state index in [0.717, 1.165) is 12.0 Å². The van der Waals surface area contributed by atoms with Crippen molar-refractivity contribution >= 4 is 23.5 Å². The highest BCUT2D eigenvalue weighted by atomic mass is 35.5. The molecule has 3 rings (SSSR count). The second-order valence-electron chi connectivity index (χ2n) is 6.26. The first-order valence-electron chi connectivity index (χ1n) is 8.83. The molecule has 0 spiro atoms. The van der Waals surface area contributed by atoms with E-state index in [1.54, 1.807) is 0 Å². The Morgan fingerprint density at radius 3 is 2.65 bits per heavy atom. The van der Waals surface area contributed by atoms with Crippen LogP contribution in [0.5, 0.6) is 0 Å². The minimum Gasteiger partial charge on any atom is -0.378 e. The van der Waals surface area contributed by atoms with Gasteiger partial charge in [-0.05, 0) is 24.5 Å². The molecule has 1 amide bonds. The van der Waals surface area contributed by atoms with Gasteiger partial charge in [0.25, 0.3) is 5.91 Å². The van der Waals surface area contributed by atoms with Crippen LogP contribution in [0.15, 0.2) is 30.5 Å². The third-order valence-corrected chi connectivity index (χ3v) is 4.75. The molecule has 1 saturated heterocycles. The van der Waals surface area contributed by atoms with E-state index in [1.807, 2.05) is 24.0 Å². The van der Waals surface area contributed by atoms with Gasteiger partial charge in [-0.1, -0.05) is 42.8 Å². The molecule has 1 aromatic carbocycles. The van der Waals surface area contributed by atoms with Crippen LogP contribution in [0.3, 0.4) is 0 Å². The molecule has 7 heteroatoms. The number of hydrogen-bond donors (Lipinski definition) is 1. The third-order valence-electron chi connectivity index (χ3n) is 4.48. The van der Waals surface area contributed by atoms with Crippen molar-refractivity contribution in [2.45, 2.75) is 26.3 Å². The van der Waals surface area contributed by atoms with Crippen molar-refractivity contribution in [2.75, 3.05) is 31.2 Å². The van der Waals surface area contributed by atoms with E-state index in [9.17, 15) is 4.79 Å². The molecule has 138 valence electrons. The Bertz CT molecular complexity index is 761. The molecular weight excluding hydrogens is 352 g/mol. The molecule has 0 aliphatic carbocycles. The number of anilines is 1. The highest BCUT2D eigenvalue weighted by molar-refractivity contribution is 6.33. The number of ether oxygens (including phenoxy) is 1. The van der Waals surface area contributed by atoms with Crippen molar-refractivity contribution in [1.29, 1.82) is 0 Å². The lowest BCUT2D eigenvalue weighted by atomic mass is 10.0. The van der Waals surface area contributed by atoms with Crippen LogP contribution in [0.2, 0.25) is 5.02 Å². The second kappa shape index (κ2) is 8.47. The first kappa shape index (κ1) is 18.6. The number of nitrogens with one attached hydrogen (secondary N) is 1. The molecule has 0 bridgehead atoms. The van der Waals surface area contributed by atoms with Gasteiger partial charge in [-0.2, -0.15) is 0 Å². The molecule has 1 aromatic heterocycles. The zero-order valence-corrected chi connectivity index (χ0v) is 15.8.